The molecule has 1 unspecified atom stereocenters. The minimum atomic E-state index is 0.174. The highest BCUT2D eigenvalue weighted by atomic mass is 14.6. The van der Waals surface area contributed by atoms with Gasteiger partial charge in [0.05, 0.1) is 0 Å². The minimum absolute atomic E-state index is 0.174. The van der Waals surface area contributed by atoms with Crippen LogP contribution in [0.3, 0.4) is 0 Å². The topological polar surface area (TPSA) is 23.8 Å². The maximum Gasteiger partial charge on any atom is 0.0187 e. The summed E-state index contributed by atoms with van der Waals surface area (Å²) < 4.78 is 0. The van der Waals surface area contributed by atoms with Crippen molar-refractivity contribution in [1.29, 1.82) is 0 Å². The minimum Gasteiger partial charge on any atom is -0.255 e. The van der Waals surface area contributed by atoms with Crippen molar-refractivity contribution in [3.63, 3.8) is 0 Å². The zero-order valence-electron chi connectivity index (χ0n) is 6.19. The van der Waals surface area contributed by atoms with Crippen molar-refractivity contribution in [2.24, 2.45) is 5.92 Å². The fraction of sp³-hybridized carbons (Fsp3) is 1.00. The highest BCUT2D eigenvalue weighted by Gasteiger charge is 2.15. The summed E-state index contributed by atoms with van der Waals surface area (Å²) >= 11 is 0. The summed E-state index contributed by atoms with van der Waals surface area (Å²) in [6.45, 7) is 2.00. The Morgan fingerprint density at radius 1 is 1.44 bits per heavy atom. The summed E-state index contributed by atoms with van der Waals surface area (Å²) in [5, 5.41) is 0. The lowest BCUT2D eigenvalue weighted by molar-refractivity contribution is 0.452. The van der Waals surface area contributed by atoms with E-state index in [4.69, 9.17) is 5.73 Å². The third-order valence-electron chi connectivity index (χ3n) is 2.16. The summed E-state index contributed by atoms with van der Waals surface area (Å²) in [5.74, 6) is 0.900. The molecule has 0 aromatic heterocycles. The van der Waals surface area contributed by atoms with E-state index in [9.17, 15) is 0 Å². The summed E-state index contributed by atoms with van der Waals surface area (Å²) in [5.41, 5.74) is 7.34. The van der Waals surface area contributed by atoms with Gasteiger partial charge in [0.1, 0.15) is 0 Å². The predicted octanol–water partition coefficient (Wildman–Crippen LogP) is 2.24. The number of hydrogen-bond donors (Lipinski definition) is 0. The van der Waals surface area contributed by atoms with Crippen LogP contribution in [0.25, 0.3) is 0 Å². The molecular weight excluding hydrogens is 110 g/mol. The van der Waals surface area contributed by atoms with Gasteiger partial charge in [-0.1, -0.05) is 25.7 Å². The van der Waals surface area contributed by atoms with Gasteiger partial charge in [0.2, 0.25) is 0 Å². The third-order valence-corrected chi connectivity index (χ3v) is 2.16. The van der Waals surface area contributed by atoms with Gasteiger partial charge in [0.25, 0.3) is 0 Å². The van der Waals surface area contributed by atoms with E-state index >= 15 is 0 Å². The largest absolute Gasteiger partial charge is 0.255 e. The van der Waals surface area contributed by atoms with Crippen LogP contribution in [-0.2, 0) is 0 Å². The molecule has 0 aromatic rings. The predicted molar refractivity (Wildman–Crippen MR) is 39.1 cm³/mol. The van der Waals surface area contributed by atoms with Crippen molar-refractivity contribution >= 4 is 0 Å². The molecule has 0 spiro atoms. The summed E-state index contributed by atoms with van der Waals surface area (Å²) in [6, 6.07) is 0.174. The molecule has 1 radical (unpaired) electrons. The molecule has 1 fully saturated rings. The van der Waals surface area contributed by atoms with Crippen LogP contribution >= 0.6 is 0 Å². The maximum atomic E-state index is 7.34. The van der Waals surface area contributed by atoms with Crippen LogP contribution in [0.15, 0.2) is 0 Å². The third kappa shape index (κ3) is 2.35. The second-order valence-corrected chi connectivity index (χ2v) is 3.29. The van der Waals surface area contributed by atoms with Crippen molar-refractivity contribution in [2.45, 2.75) is 45.1 Å². The van der Waals surface area contributed by atoms with Gasteiger partial charge in [-0.2, -0.15) is 0 Å². The highest BCUT2D eigenvalue weighted by molar-refractivity contribution is 4.70. The van der Waals surface area contributed by atoms with Crippen LogP contribution in [-0.4, -0.2) is 6.04 Å². The Bertz CT molecular complexity index is 72.6. The Balaban J connectivity index is 2.11. The van der Waals surface area contributed by atoms with Gasteiger partial charge in [0.15, 0.2) is 0 Å². The van der Waals surface area contributed by atoms with Crippen molar-refractivity contribution in [3.05, 3.63) is 0 Å². The zero-order chi connectivity index (χ0) is 6.69. The van der Waals surface area contributed by atoms with Gasteiger partial charge < -0.3 is 0 Å². The van der Waals surface area contributed by atoms with E-state index in [2.05, 4.69) is 0 Å². The lowest BCUT2D eigenvalue weighted by atomic mass is 10.0. The monoisotopic (exact) mass is 126 g/mol. The van der Waals surface area contributed by atoms with Crippen LogP contribution in [0.2, 0.25) is 0 Å². The van der Waals surface area contributed by atoms with E-state index in [-0.39, 0.29) is 6.04 Å². The average Bonchev–Trinajstić information content (AvgIpc) is 2.15. The lowest BCUT2D eigenvalue weighted by Gasteiger charge is -2.09. The normalized spacial score (nSPS) is 24.7. The fourth-order valence-corrected chi connectivity index (χ4v) is 1.75. The first-order valence-electron chi connectivity index (χ1n) is 4.00. The Hall–Kier alpha value is -0.0400. The number of nitrogens with one attached hydrogen (secondary N) is 1. The highest BCUT2D eigenvalue weighted by Crippen LogP contribution is 2.28. The molecule has 1 nitrogen and oxygen atoms in total. The number of rotatable bonds is 2. The second kappa shape index (κ2) is 3.21. The van der Waals surface area contributed by atoms with Gasteiger partial charge in [-0.15, -0.1) is 0 Å². The molecule has 1 aliphatic rings. The first-order valence-corrected chi connectivity index (χ1v) is 4.00. The molecular formula is C8H16N. The van der Waals surface area contributed by atoms with Crippen LogP contribution in [0.4, 0.5) is 0 Å². The molecule has 0 bridgehead atoms. The Kier molecular flexibility index (Phi) is 2.52. The van der Waals surface area contributed by atoms with Crippen molar-refractivity contribution < 1.29 is 0 Å². The molecule has 9 heavy (non-hydrogen) atoms. The van der Waals surface area contributed by atoms with Crippen LogP contribution in [0.1, 0.15) is 39.0 Å². The zero-order valence-corrected chi connectivity index (χ0v) is 6.19. The van der Waals surface area contributed by atoms with Crippen molar-refractivity contribution in [2.75, 3.05) is 0 Å². The molecule has 0 saturated heterocycles. The molecule has 0 amide bonds. The summed E-state index contributed by atoms with van der Waals surface area (Å²) in [4.78, 5) is 0. The molecule has 1 aliphatic carbocycles. The van der Waals surface area contributed by atoms with Crippen molar-refractivity contribution in [1.82, 2.24) is 5.73 Å². The first kappa shape index (κ1) is 7.07. The molecule has 1 heteroatoms. The molecule has 0 aromatic carbocycles. The van der Waals surface area contributed by atoms with E-state index in [0.717, 1.165) is 12.3 Å². The van der Waals surface area contributed by atoms with Gasteiger partial charge in [-0.25, -0.2) is 0 Å². The second-order valence-electron chi connectivity index (χ2n) is 3.29. The molecule has 1 atom stereocenters. The van der Waals surface area contributed by atoms with Crippen LogP contribution < -0.4 is 5.73 Å². The van der Waals surface area contributed by atoms with E-state index in [1.54, 1.807) is 0 Å². The van der Waals surface area contributed by atoms with E-state index in [1.165, 1.54) is 25.7 Å². The number of hydrogen-bond acceptors (Lipinski definition) is 0. The van der Waals surface area contributed by atoms with Gasteiger partial charge >= 0.3 is 0 Å². The smallest absolute Gasteiger partial charge is 0.0187 e. The van der Waals surface area contributed by atoms with E-state index in [1.807, 2.05) is 6.92 Å². The standard InChI is InChI=1S/C8H16N/c1-7(9)6-8-4-2-3-5-8/h7-9H,2-6H2,1H3. The quantitative estimate of drug-likeness (QED) is 0.542. The van der Waals surface area contributed by atoms with Crippen molar-refractivity contribution in [3.8, 4) is 0 Å². The van der Waals surface area contributed by atoms with Gasteiger partial charge in [-0.3, -0.25) is 5.73 Å². The molecule has 53 valence electrons. The van der Waals surface area contributed by atoms with Gasteiger partial charge in [-0.05, 0) is 19.3 Å². The van der Waals surface area contributed by atoms with E-state index in [0.29, 0.717) is 0 Å². The molecule has 1 N–H and O–H groups in total. The molecule has 1 saturated carbocycles. The lowest BCUT2D eigenvalue weighted by Crippen LogP contribution is -2.08. The maximum absolute atomic E-state index is 7.34. The summed E-state index contributed by atoms with van der Waals surface area (Å²) in [7, 11) is 0. The summed E-state index contributed by atoms with van der Waals surface area (Å²) in [6.07, 6.45) is 6.75. The Labute approximate surface area is 57.6 Å². The first-order chi connectivity index (χ1) is 4.29. The molecule has 0 aliphatic heterocycles. The van der Waals surface area contributed by atoms with Crippen LogP contribution in [0.5, 0.6) is 0 Å². The fourth-order valence-electron chi connectivity index (χ4n) is 1.75. The Morgan fingerprint density at radius 2 is 2.00 bits per heavy atom. The van der Waals surface area contributed by atoms with Gasteiger partial charge in [0, 0.05) is 6.04 Å². The Morgan fingerprint density at radius 3 is 2.44 bits per heavy atom. The molecule has 1 rings (SSSR count). The SMILES string of the molecule is CC([NH])CC1CCCC1. The van der Waals surface area contributed by atoms with E-state index < -0.39 is 0 Å². The molecule has 0 heterocycles. The van der Waals surface area contributed by atoms with Crippen LogP contribution in [0, 0.1) is 5.92 Å². The average molecular weight is 126 g/mol.